The topological polar surface area (TPSA) is 62.3 Å². The Morgan fingerprint density at radius 3 is 2.72 bits per heavy atom. The molecule has 1 aliphatic heterocycles. The summed E-state index contributed by atoms with van der Waals surface area (Å²) in [6, 6.07) is 5.35. The highest BCUT2D eigenvalue weighted by Gasteiger charge is 2.43. The molecule has 1 fully saturated rings. The summed E-state index contributed by atoms with van der Waals surface area (Å²) in [7, 11) is 0. The van der Waals surface area contributed by atoms with Crippen LogP contribution in [0.5, 0.6) is 0 Å². The Kier molecular flexibility index (Phi) is 3.56. The second-order valence-corrected chi connectivity index (χ2v) is 5.64. The molecule has 6 heteroatoms. The fraction of sp³-hybridized carbons (Fsp3) is 0.417. The molecule has 0 bridgehead atoms. The molecule has 96 valence electrons. The molecular weight excluding hydrogens is 250 g/mol. The minimum absolute atomic E-state index is 0.172. The minimum Gasteiger partial charge on any atom is -0.324 e. The molecule has 0 spiro atoms. The molecule has 0 unspecified atom stereocenters. The van der Waals surface area contributed by atoms with E-state index in [4.69, 9.17) is 0 Å². The number of pyridine rings is 1. The smallest absolute Gasteiger partial charge is 0.324 e. The van der Waals surface area contributed by atoms with E-state index >= 15 is 0 Å². The fourth-order valence-electron chi connectivity index (χ4n) is 1.69. The zero-order valence-corrected chi connectivity index (χ0v) is 11.2. The van der Waals surface area contributed by atoms with Crippen molar-refractivity contribution < 1.29 is 9.59 Å². The third-order valence-corrected chi connectivity index (χ3v) is 3.57. The Balaban J connectivity index is 1.88. The average molecular weight is 265 g/mol. The Morgan fingerprint density at radius 1 is 1.39 bits per heavy atom. The molecule has 1 saturated heterocycles. The first-order valence-electron chi connectivity index (χ1n) is 5.68. The van der Waals surface area contributed by atoms with Crippen LogP contribution in [0.1, 0.15) is 13.8 Å². The molecule has 1 aromatic heterocycles. The van der Waals surface area contributed by atoms with Gasteiger partial charge < -0.3 is 5.32 Å². The van der Waals surface area contributed by atoms with Gasteiger partial charge in [0, 0.05) is 18.5 Å². The number of urea groups is 1. The van der Waals surface area contributed by atoms with Gasteiger partial charge in [-0.05, 0) is 26.0 Å². The van der Waals surface area contributed by atoms with Crippen molar-refractivity contribution in [1.29, 1.82) is 0 Å². The van der Waals surface area contributed by atoms with E-state index < -0.39 is 5.54 Å². The fourth-order valence-corrected chi connectivity index (χ4v) is 2.49. The van der Waals surface area contributed by atoms with E-state index in [9.17, 15) is 9.59 Å². The Morgan fingerprint density at radius 2 is 2.17 bits per heavy atom. The third kappa shape index (κ3) is 2.64. The van der Waals surface area contributed by atoms with Crippen LogP contribution >= 0.6 is 11.8 Å². The second-order valence-electron chi connectivity index (χ2n) is 4.53. The minimum atomic E-state index is -0.785. The Labute approximate surface area is 110 Å². The van der Waals surface area contributed by atoms with Crippen molar-refractivity contribution in [1.82, 2.24) is 15.2 Å². The number of rotatable bonds is 4. The molecule has 2 heterocycles. The lowest BCUT2D eigenvalue weighted by molar-refractivity contribution is -0.130. The maximum absolute atomic E-state index is 11.9. The SMILES string of the molecule is CC1(C)NC(=O)N(CCSc2ccccn2)C1=O. The van der Waals surface area contributed by atoms with Gasteiger partial charge in [0.25, 0.3) is 5.91 Å². The number of aromatic nitrogens is 1. The van der Waals surface area contributed by atoms with Crippen molar-refractivity contribution >= 4 is 23.7 Å². The molecule has 2 rings (SSSR count). The maximum atomic E-state index is 11.9. The van der Waals surface area contributed by atoms with Crippen LogP contribution < -0.4 is 5.32 Å². The molecule has 0 aliphatic carbocycles. The summed E-state index contributed by atoms with van der Waals surface area (Å²) in [6.45, 7) is 3.81. The van der Waals surface area contributed by atoms with Crippen molar-refractivity contribution in [2.24, 2.45) is 0 Å². The summed E-state index contributed by atoms with van der Waals surface area (Å²) in [5.74, 6) is 0.473. The van der Waals surface area contributed by atoms with E-state index in [1.165, 1.54) is 16.7 Å². The summed E-state index contributed by atoms with van der Waals surface area (Å²) in [5, 5.41) is 3.55. The van der Waals surface area contributed by atoms with Gasteiger partial charge in [-0.15, -0.1) is 11.8 Å². The number of nitrogens with zero attached hydrogens (tertiary/aromatic N) is 2. The first-order chi connectivity index (χ1) is 8.50. The number of carbonyl (C=O) groups excluding carboxylic acids is 2. The van der Waals surface area contributed by atoms with Crippen LogP contribution in [0.3, 0.4) is 0 Å². The molecule has 0 atom stereocenters. The highest BCUT2D eigenvalue weighted by molar-refractivity contribution is 7.99. The number of nitrogens with one attached hydrogen (secondary N) is 1. The van der Waals surface area contributed by atoms with Crippen molar-refractivity contribution in [2.45, 2.75) is 24.4 Å². The van der Waals surface area contributed by atoms with Gasteiger partial charge in [0.15, 0.2) is 0 Å². The Bertz CT molecular complexity index is 462. The van der Waals surface area contributed by atoms with E-state index in [0.717, 1.165) is 5.03 Å². The number of thioether (sulfide) groups is 1. The number of imide groups is 1. The molecule has 0 saturated carbocycles. The summed E-state index contributed by atoms with van der Waals surface area (Å²) in [5.41, 5.74) is -0.785. The van der Waals surface area contributed by atoms with Crippen molar-refractivity contribution in [2.75, 3.05) is 12.3 Å². The molecule has 1 aromatic rings. The summed E-state index contributed by atoms with van der Waals surface area (Å²) < 4.78 is 0. The predicted octanol–water partition coefficient (Wildman–Crippen LogP) is 1.50. The third-order valence-electron chi connectivity index (χ3n) is 2.65. The summed E-state index contributed by atoms with van der Waals surface area (Å²) in [6.07, 6.45) is 1.72. The van der Waals surface area contributed by atoms with E-state index in [0.29, 0.717) is 12.3 Å². The van der Waals surface area contributed by atoms with Crippen molar-refractivity contribution in [3.8, 4) is 0 Å². The van der Waals surface area contributed by atoms with Crippen molar-refractivity contribution in [3.63, 3.8) is 0 Å². The maximum Gasteiger partial charge on any atom is 0.325 e. The van der Waals surface area contributed by atoms with Crippen molar-refractivity contribution in [3.05, 3.63) is 24.4 Å². The standard InChI is InChI=1S/C12H15N3O2S/c1-12(2)10(16)15(11(17)14-12)7-8-18-9-5-3-4-6-13-9/h3-6H,7-8H2,1-2H3,(H,14,17). The highest BCUT2D eigenvalue weighted by Crippen LogP contribution is 2.19. The van der Waals surface area contributed by atoms with Gasteiger partial charge in [-0.3, -0.25) is 9.69 Å². The van der Waals surface area contributed by atoms with E-state index in [1.54, 1.807) is 20.0 Å². The molecular formula is C12H15N3O2S. The second kappa shape index (κ2) is 4.97. The van der Waals surface area contributed by atoms with E-state index in [-0.39, 0.29) is 11.9 Å². The molecule has 5 nitrogen and oxygen atoms in total. The van der Waals surface area contributed by atoms with Crippen LogP contribution in [0.15, 0.2) is 29.4 Å². The van der Waals surface area contributed by atoms with Crippen LogP contribution in [-0.4, -0.2) is 39.7 Å². The zero-order chi connectivity index (χ0) is 13.2. The van der Waals surface area contributed by atoms with Crippen LogP contribution in [0, 0.1) is 0 Å². The van der Waals surface area contributed by atoms with E-state index in [2.05, 4.69) is 10.3 Å². The quantitative estimate of drug-likeness (QED) is 0.662. The number of amides is 3. The lowest BCUT2D eigenvalue weighted by Gasteiger charge is -2.15. The van der Waals surface area contributed by atoms with Crippen LogP contribution in [0.2, 0.25) is 0 Å². The van der Waals surface area contributed by atoms with Crippen LogP contribution in [-0.2, 0) is 4.79 Å². The first-order valence-corrected chi connectivity index (χ1v) is 6.67. The van der Waals surface area contributed by atoms with E-state index in [1.807, 2.05) is 18.2 Å². The molecule has 0 aromatic carbocycles. The molecule has 0 radical (unpaired) electrons. The van der Waals surface area contributed by atoms with Crippen LogP contribution in [0.25, 0.3) is 0 Å². The molecule has 1 aliphatic rings. The summed E-state index contributed by atoms with van der Waals surface area (Å²) in [4.78, 5) is 28.9. The monoisotopic (exact) mass is 265 g/mol. The van der Waals surface area contributed by atoms with Gasteiger partial charge in [0.05, 0.1) is 5.03 Å². The lowest BCUT2D eigenvalue weighted by Crippen LogP contribution is -2.40. The van der Waals surface area contributed by atoms with Gasteiger partial charge in [-0.25, -0.2) is 9.78 Å². The van der Waals surface area contributed by atoms with Gasteiger partial charge in [-0.2, -0.15) is 0 Å². The number of hydrogen-bond acceptors (Lipinski definition) is 4. The highest BCUT2D eigenvalue weighted by atomic mass is 32.2. The number of hydrogen-bond donors (Lipinski definition) is 1. The molecule has 1 N–H and O–H groups in total. The van der Waals surface area contributed by atoms with Gasteiger partial charge >= 0.3 is 6.03 Å². The Hall–Kier alpha value is -1.56. The predicted molar refractivity (Wildman–Crippen MR) is 69.3 cm³/mol. The normalized spacial score (nSPS) is 18.0. The zero-order valence-electron chi connectivity index (χ0n) is 10.3. The molecule has 3 amide bonds. The van der Waals surface area contributed by atoms with Gasteiger partial charge in [0.1, 0.15) is 5.54 Å². The molecule has 18 heavy (non-hydrogen) atoms. The van der Waals surface area contributed by atoms with Gasteiger partial charge in [0.2, 0.25) is 0 Å². The first kappa shape index (κ1) is 12.9. The number of carbonyl (C=O) groups is 2. The largest absolute Gasteiger partial charge is 0.325 e. The lowest BCUT2D eigenvalue weighted by atomic mass is 10.1. The van der Waals surface area contributed by atoms with Crippen LogP contribution in [0.4, 0.5) is 4.79 Å². The summed E-state index contributed by atoms with van der Waals surface area (Å²) >= 11 is 1.53. The van der Waals surface area contributed by atoms with Gasteiger partial charge in [-0.1, -0.05) is 6.07 Å². The average Bonchev–Trinajstić information content (AvgIpc) is 2.52.